The zero-order valence-electron chi connectivity index (χ0n) is 21.6. The van der Waals surface area contributed by atoms with Gasteiger partial charge >= 0.3 is 6.18 Å². The summed E-state index contributed by atoms with van der Waals surface area (Å²) in [5, 5.41) is 10.3. The highest BCUT2D eigenvalue weighted by molar-refractivity contribution is 8.18. The Balaban J connectivity index is 1.40. The van der Waals surface area contributed by atoms with Crippen molar-refractivity contribution in [3.63, 3.8) is 0 Å². The summed E-state index contributed by atoms with van der Waals surface area (Å²) in [5.41, 5.74) is 0.576. The molecule has 40 heavy (non-hydrogen) atoms. The Kier molecular flexibility index (Phi) is 9.22. The van der Waals surface area contributed by atoms with Crippen molar-refractivity contribution in [1.29, 1.82) is 5.41 Å². The number of piperazine rings is 1. The SMILES string of the molecule is CC(=O)N1CCN(CCN2C(=O)S/C(=C\c3ccc(NCc4ccc(Cl)cc4C(F)(F)F)c(C=N)c3)C2=O)CC1. The molecule has 0 aliphatic carbocycles. The molecule has 0 saturated carbocycles. The van der Waals surface area contributed by atoms with E-state index in [1.807, 2.05) is 0 Å². The summed E-state index contributed by atoms with van der Waals surface area (Å²) in [6.45, 7) is 4.71. The van der Waals surface area contributed by atoms with E-state index in [1.54, 1.807) is 29.2 Å². The highest BCUT2D eigenvalue weighted by Crippen LogP contribution is 2.35. The second-order valence-corrected chi connectivity index (χ2v) is 10.8. The number of thioether (sulfide) groups is 1. The van der Waals surface area contributed by atoms with Gasteiger partial charge in [0.05, 0.1) is 10.5 Å². The second-order valence-electron chi connectivity index (χ2n) is 9.32. The molecule has 13 heteroatoms. The molecule has 0 radical (unpaired) electrons. The summed E-state index contributed by atoms with van der Waals surface area (Å²) in [6.07, 6.45) is -1.94. The van der Waals surface area contributed by atoms with Crippen LogP contribution in [0.3, 0.4) is 0 Å². The molecule has 0 aromatic heterocycles. The lowest BCUT2D eigenvalue weighted by atomic mass is 10.1. The van der Waals surface area contributed by atoms with E-state index in [4.69, 9.17) is 17.0 Å². The van der Waals surface area contributed by atoms with E-state index in [-0.39, 0.29) is 39.7 Å². The summed E-state index contributed by atoms with van der Waals surface area (Å²) in [7, 11) is 0. The predicted octanol–water partition coefficient (Wildman–Crippen LogP) is 5.17. The van der Waals surface area contributed by atoms with Gasteiger partial charge in [0.15, 0.2) is 0 Å². The standard InChI is InChI=1S/C27H27ClF3N5O3S/c1-17(37)35-9-6-34(7-10-35)8-11-36-25(38)24(40-26(36)39)13-18-2-5-23(20(12-18)15-32)33-16-19-3-4-21(28)14-22(19)27(29,30)31/h2-5,12-15,32-33H,6-11,16H2,1H3/b24-13-,32-15?. The summed E-state index contributed by atoms with van der Waals surface area (Å²) >= 11 is 6.59. The number of anilines is 1. The molecule has 2 N–H and O–H groups in total. The Hall–Kier alpha value is -3.35. The molecule has 4 rings (SSSR count). The van der Waals surface area contributed by atoms with Crippen molar-refractivity contribution in [1.82, 2.24) is 14.7 Å². The molecule has 212 valence electrons. The van der Waals surface area contributed by atoms with Crippen LogP contribution < -0.4 is 5.32 Å². The average molecular weight is 594 g/mol. The maximum absolute atomic E-state index is 13.4. The van der Waals surface area contributed by atoms with Crippen molar-refractivity contribution >= 4 is 58.4 Å². The van der Waals surface area contributed by atoms with Gasteiger partial charge in [0, 0.05) is 75.2 Å². The van der Waals surface area contributed by atoms with Gasteiger partial charge in [-0.2, -0.15) is 13.2 Å². The molecule has 0 atom stereocenters. The predicted molar refractivity (Wildman–Crippen MR) is 149 cm³/mol. The lowest BCUT2D eigenvalue weighted by Gasteiger charge is -2.34. The number of rotatable bonds is 8. The minimum absolute atomic E-state index is 0.00585. The average Bonchev–Trinajstić information content (AvgIpc) is 3.18. The number of carbonyl (C=O) groups is 3. The lowest BCUT2D eigenvalue weighted by Crippen LogP contribution is -2.50. The van der Waals surface area contributed by atoms with Crippen molar-refractivity contribution < 1.29 is 27.6 Å². The monoisotopic (exact) mass is 593 g/mol. The zero-order valence-corrected chi connectivity index (χ0v) is 23.1. The van der Waals surface area contributed by atoms with Crippen LogP contribution in [0.4, 0.5) is 23.7 Å². The van der Waals surface area contributed by atoms with Gasteiger partial charge in [0.25, 0.3) is 11.1 Å². The first-order valence-corrected chi connectivity index (χ1v) is 13.6. The molecule has 0 unspecified atom stereocenters. The number of halogens is 4. The van der Waals surface area contributed by atoms with Crippen LogP contribution in [0.1, 0.15) is 29.2 Å². The van der Waals surface area contributed by atoms with Crippen molar-refractivity contribution in [3.8, 4) is 0 Å². The van der Waals surface area contributed by atoms with Crippen molar-refractivity contribution in [2.75, 3.05) is 44.6 Å². The molecule has 0 spiro atoms. The molecule has 2 fully saturated rings. The van der Waals surface area contributed by atoms with E-state index < -0.39 is 17.6 Å². The van der Waals surface area contributed by atoms with Crippen molar-refractivity contribution in [2.45, 2.75) is 19.6 Å². The lowest BCUT2D eigenvalue weighted by molar-refractivity contribution is -0.138. The van der Waals surface area contributed by atoms with E-state index in [1.165, 1.54) is 24.0 Å². The van der Waals surface area contributed by atoms with E-state index in [0.717, 1.165) is 24.0 Å². The number of hydrogen-bond donors (Lipinski definition) is 2. The fourth-order valence-corrected chi connectivity index (χ4v) is 5.52. The van der Waals surface area contributed by atoms with Gasteiger partial charge in [-0.25, -0.2) is 0 Å². The third kappa shape index (κ3) is 7.04. The van der Waals surface area contributed by atoms with Crippen molar-refractivity contribution in [2.24, 2.45) is 0 Å². The fraction of sp³-hybridized carbons (Fsp3) is 0.333. The number of nitrogens with one attached hydrogen (secondary N) is 2. The van der Waals surface area contributed by atoms with Gasteiger partial charge in [0.1, 0.15) is 0 Å². The Morgan fingerprint density at radius 1 is 1.10 bits per heavy atom. The Labute approximate surface area is 238 Å². The smallest absolute Gasteiger partial charge is 0.380 e. The first-order valence-electron chi connectivity index (χ1n) is 12.4. The third-order valence-corrected chi connectivity index (χ3v) is 7.85. The molecule has 2 aliphatic heterocycles. The highest BCUT2D eigenvalue weighted by Gasteiger charge is 2.35. The van der Waals surface area contributed by atoms with E-state index in [0.29, 0.717) is 49.5 Å². The summed E-state index contributed by atoms with van der Waals surface area (Å²) in [5.74, 6) is -0.374. The molecule has 2 aromatic carbocycles. The van der Waals surface area contributed by atoms with E-state index in [9.17, 15) is 27.6 Å². The molecular weight excluding hydrogens is 567 g/mol. The van der Waals surface area contributed by atoms with Gasteiger partial charge in [-0.15, -0.1) is 0 Å². The number of imide groups is 1. The quantitative estimate of drug-likeness (QED) is 0.324. The first-order chi connectivity index (χ1) is 19.0. The van der Waals surface area contributed by atoms with Gasteiger partial charge < -0.3 is 15.6 Å². The molecule has 2 aromatic rings. The molecule has 0 bridgehead atoms. The molecule has 2 heterocycles. The largest absolute Gasteiger partial charge is 0.416 e. The Morgan fingerprint density at radius 3 is 2.48 bits per heavy atom. The number of benzene rings is 2. The van der Waals surface area contributed by atoms with Crippen LogP contribution in [0.15, 0.2) is 41.3 Å². The number of carbonyl (C=O) groups excluding carboxylic acids is 3. The van der Waals surface area contributed by atoms with Crippen LogP contribution in [0.5, 0.6) is 0 Å². The van der Waals surface area contributed by atoms with Crippen LogP contribution in [0.25, 0.3) is 6.08 Å². The second kappa shape index (κ2) is 12.4. The fourth-order valence-electron chi connectivity index (χ4n) is 4.48. The summed E-state index contributed by atoms with van der Waals surface area (Å²) in [6, 6.07) is 8.45. The van der Waals surface area contributed by atoms with Crippen LogP contribution in [0.2, 0.25) is 5.02 Å². The molecule has 8 nitrogen and oxygen atoms in total. The highest BCUT2D eigenvalue weighted by atomic mass is 35.5. The molecule has 3 amide bonds. The molecule has 2 aliphatic rings. The van der Waals surface area contributed by atoms with E-state index >= 15 is 0 Å². The zero-order chi connectivity index (χ0) is 29.0. The van der Waals surface area contributed by atoms with E-state index in [2.05, 4.69) is 10.2 Å². The summed E-state index contributed by atoms with van der Waals surface area (Å²) in [4.78, 5) is 42.3. The molecular formula is C27H27ClF3N5O3S. The minimum Gasteiger partial charge on any atom is -0.380 e. The first kappa shape index (κ1) is 29.6. The Morgan fingerprint density at radius 2 is 1.82 bits per heavy atom. The maximum Gasteiger partial charge on any atom is 0.416 e. The minimum atomic E-state index is -4.57. The number of amides is 3. The van der Waals surface area contributed by atoms with Crippen molar-refractivity contribution in [3.05, 3.63) is 68.6 Å². The van der Waals surface area contributed by atoms with Gasteiger partial charge in [-0.05, 0) is 53.2 Å². The topological polar surface area (TPSA) is 96.8 Å². The van der Waals surface area contributed by atoms with Crippen LogP contribution in [-0.4, -0.2) is 77.2 Å². The number of hydrogen-bond acceptors (Lipinski definition) is 7. The normalized spacial score (nSPS) is 17.6. The number of alkyl halides is 3. The Bertz CT molecular complexity index is 1360. The van der Waals surface area contributed by atoms with Crippen LogP contribution >= 0.6 is 23.4 Å². The third-order valence-electron chi connectivity index (χ3n) is 6.71. The molecule has 2 saturated heterocycles. The summed E-state index contributed by atoms with van der Waals surface area (Å²) < 4.78 is 40.2. The van der Waals surface area contributed by atoms with Gasteiger partial charge in [0.2, 0.25) is 5.91 Å². The van der Waals surface area contributed by atoms with Gasteiger partial charge in [-0.1, -0.05) is 23.7 Å². The van der Waals surface area contributed by atoms with Gasteiger partial charge in [-0.3, -0.25) is 24.2 Å². The number of nitrogens with zero attached hydrogens (tertiary/aromatic N) is 3. The van der Waals surface area contributed by atoms with Crippen LogP contribution in [-0.2, 0) is 22.3 Å². The van der Waals surface area contributed by atoms with Crippen LogP contribution in [0, 0.1) is 5.41 Å². The maximum atomic E-state index is 13.4.